The molecule has 1 aliphatic carbocycles. The summed E-state index contributed by atoms with van der Waals surface area (Å²) in [4.78, 5) is 113. The predicted octanol–water partition coefficient (Wildman–Crippen LogP) is -2.26. The first-order valence-corrected chi connectivity index (χ1v) is 19.7. The summed E-state index contributed by atoms with van der Waals surface area (Å²) in [5, 5.41) is 65.7. The highest BCUT2D eigenvalue weighted by Gasteiger charge is 2.28. The van der Waals surface area contributed by atoms with Crippen LogP contribution in [0.1, 0.15) is 57.8 Å². The zero-order chi connectivity index (χ0) is 43.9. The first-order valence-electron chi connectivity index (χ1n) is 19.7. The van der Waals surface area contributed by atoms with Gasteiger partial charge in [0.25, 0.3) is 0 Å². The molecule has 1 heterocycles. The van der Waals surface area contributed by atoms with E-state index in [1.807, 2.05) is 4.90 Å². The lowest BCUT2D eigenvalue weighted by Crippen LogP contribution is -2.51. The first kappa shape index (κ1) is 50.0. The van der Waals surface area contributed by atoms with Crippen LogP contribution in [0.4, 0.5) is 4.79 Å². The van der Waals surface area contributed by atoms with Crippen LogP contribution >= 0.6 is 0 Å². The standard InChI is InChI=1S/C36H60N8O15/c45-28(20-41-11-13-42(21-30(48)49)15-17-44(23-32(52)53)18-16-43(14-12-41)22-31(50)51)38-19-24-4-6-25(7-5-24)33(54)37-10-2-1-3-26(34(55)56)39-36(59)40-27(35(57)58)8-9-29(46)47/h24-27H,1-23H2,(H,37,54)(H,38,45)(H,46,47)(H,48,49)(H,50,51)(H,52,53)(H,55,56)(H,57,58)(H2,39,40,59)/t24?,25?,26-,27-/m0/s1. The van der Waals surface area contributed by atoms with Gasteiger partial charge in [-0.25, -0.2) is 14.4 Å². The Balaban J connectivity index is 1.78. The van der Waals surface area contributed by atoms with Gasteiger partial charge in [-0.15, -0.1) is 0 Å². The number of carbonyl (C=O) groups is 9. The number of carboxylic acid groups (broad SMARTS) is 6. The minimum Gasteiger partial charge on any atom is -0.481 e. The maximum Gasteiger partial charge on any atom is 0.326 e. The second-order valence-electron chi connectivity index (χ2n) is 14.9. The maximum atomic E-state index is 13.1. The molecule has 1 aliphatic heterocycles. The number of rotatable bonds is 23. The minimum atomic E-state index is -1.51. The molecule has 0 bridgehead atoms. The molecule has 10 N–H and O–H groups in total. The topological polar surface area (TPSA) is 336 Å². The number of aliphatic carboxylic acids is 6. The summed E-state index contributed by atoms with van der Waals surface area (Å²) < 4.78 is 0. The third-order valence-corrected chi connectivity index (χ3v) is 10.3. The van der Waals surface area contributed by atoms with Crippen LogP contribution in [0.5, 0.6) is 0 Å². The second-order valence-corrected chi connectivity index (χ2v) is 14.9. The van der Waals surface area contributed by atoms with Crippen molar-refractivity contribution in [3.63, 3.8) is 0 Å². The van der Waals surface area contributed by atoms with Crippen LogP contribution < -0.4 is 21.3 Å². The number of urea groups is 1. The Bertz CT molecular complexity index is 1410. The molecule has 0 aromatic carbocycles. The van der Waals surface area contributed by atoms with Crippen molar-refractivity contribution in [2.45, 2.75) is 69.9 Å². The molecule has 0 radical (unpaired) electrons. The second kappa shape index (κ2) is 26.8. The van der Waals surface area contributed by atoms with E-state index in [2.05, 4.69) is 21.3 Å². The summed E-state index contributed by atoms with van der Waals surface area (Å²) in [6, 6.07) is -3.91. The first-order chi connectivity index (χ1) is 27.9. The molecule has 4 amide bonds. The highest BCUT2D eigenvalue weighted by molar-refractivity contribution is 5.86. The van der Waals surface area contributed by atoms with Crippen molar-refractivity contribution >= 4 is 53.7 Å². The summed E-state index contributed by atoms with van der Waals surface area (Å²) in [6.45, 7) is 2.16. The van der Waals surface area contributed by atoms with Crippen molar-refractivity contribution in [1.82, 2.24) is 40.9 Å². The lowest BCUT2D eigenvalue weighted by molar-refractivity contribution is -0.141. The van der Waals surface area contributed by atoms with Gasteiger partial charge in [-0.1, -0.05) is 0 Å². The van der Waals surface area contributed by atoms with Gasteiger partial charge in [-0.05, 0) is 57.3 Å². The number of nitrogens with zero attached hydrogens (tertiary/aromatic N) is 4. The Labute approximate surface area is 341 Å². The smallest absolute Gasteiger partial charge is 0.326 e. The van der Waals surface area contributed by atoms with Gasteiger partial charge >= 0.3 is 41.8 Å². The van der Waals surface area contributed by atoms with E-state index in [0.717, 1.165) is 0 Å². The molecular weight excluding hydrogens is 784 g/mol. The number of nitrogens with one attached hydrogen (secondary N) is 4. The van der Waals surface area contributed by atoms with E-state index in [4.69, 9.17) is 5.11 Å². The molecule has 0 unspecified atom stereocenters. The van der Waals surface area contributed by atoms with Crippen LogP contribution in [0.15, 0.2) is 0 Å². The van der Waals surface area contributed by atoms with E-state index >= 15 is 0 Å². The van der Waals surface area contributed by atoms with E-state index in [1.54, 1.807) is 14.7 Å². The lowest BCUT2D eigenvalue weighted by atomic mass is 9.81. The van der Waals surface area contributed by atoms with Crippen LogP contribution in [0, 0.1) is 11.8 Å². The molecule has 2 atom stereocenters. The Hall–Kier alpha value is -5.13. The Kier molecular flexibility index (Phi) is 22.7. The van der Waals surface area contributed by atoms with Crippen LogP contribution in [-0.4, -0.2) is 208 Å². The largest absolute Gasteiger partial charge is 0.481 e. The Morgan fingerprint density at radius 3 is 1.34 bits per heavy atom. The van der Waals surface area contributed by atoms with E-state index < -0.39 is 60.4 Å². The monoisotopic (exact) mass is 844 g/mol. The highest BCUT2D eigenvalue weighted by atomic mass is 16.4. The van der Waals surface area contributed by atoms with Gasteiger partial charge in [0.2, 0.25) is 11.8 Å². The van der Waals surface area contributed by atoms with Crippen molar-refractivity contribution in [2.24, 2.45) is 11.8 Å². The average molecular weight is 845 g/mol. The van der Waals surface area contributed by atoms with Crippen molar-refractivity contribution in [3.8, 4) is 0 Å². The minimum absolute atomic E-state index is 0.000962. The maximum absolute atomic E-state index is 13.1. The van der Waals surface area contributed by atoms with E-state index in [-0.39, 0.29) is 95.4 Å². The molecule has 2 fully saturated rings. The molecule has 0 spiro atoms. The number of hydrogen-bond donors (Lipinski definition) is 10. The Morgan fingerprint density at radius 2 is 0.932 bits per heavy atom. The van der Waals surface area contributed by atoms with Gasteiger partial charge in [0, 0.05) is 77.8 Å². The number of hydrogen-bond acceptors (Lipinski definition) is 13. The fraction of sp³-hybridized carbons (Fsp3) is 0.750. The van der Waals surface area contributed by atoms with E-state index in [0.29, 0.717) is 71.2 Å². The molecular formula is C36H60N8O15. The molecule has 23 nitrogen and oxygen atoms in total. The lowest BCUT2D eigenvalue weighted by Gasteiger charge is -2.33. The van der Waals surface area contributed by atoms with Gasteiger partial charge in [-0.2, -0.15) is 0 Å². The molecule has 2 rings (SSSR count). The Morgan fingerprint density at radius 1 is 0.508 bits per heavy atom. The molecule has 2 aliphatic rings. The third-order valence-electron chi connectivity index (χ3n) is 10.3. The molecule has 1 saturated carbocycles. The zero-order valence-corrected chi connectivity index (χ0v) is 33.2. The SMILES string of the molecule is O=C(O)CC[C@H](NC(=O)N[C@@H](CCCCNC(=O)C1CCC(CNC(=O)CN2CCN(CC(=O)O)CCN(CC(=O)O)CCN(CC(=O)O)CC2)CC1)C(=O)O)C(=O)O. The fourth-order valence-corrected chi connectivity index (χ4v) is 6.90. The van der Waals surface area contributed by atoms with E-state index in [9.17, 15) is 68.7 Å². The summed E-state index contributed by atoms with van der Waals surface area (Å²) in [5.74, 6) is -7.66. The van der Waals surface area contributed by atoms with Gasteiger partial charge < -0.3 is 51.9 Å². The zero-order valence-electron chi connectivity index (χ0n) is 33.2. The summed E-state index contributed by atoms with van der Waals surface area (Å²) in [5.41, 5.74) is 0. The van der Waals surface area contributed by atoms with E-state index in [1.165, 1.54) is 0 Å². The molecule has 0 aromatic rings. The molecule has 23 heteroatoms. The normalized spacial score (nSPS) is 20.1. The third kappa shape index (κ3) is 22.0. The number of unbranched alkanes of at least 4 members (excludes halogenated alkanes) is 1. The summed E-state index contributed by atoms with van der Waals surface area (Å²) in [7, 11) is 0. The van der Waals surface area contributed by atoms with Crippen LogP contribution in [-0.2, 0) is 38.4 Å². The van der Waals surface area contributed by atoms with Crippen molar-refractivity contribution in [3.05, 3.63) is 0 Å². The molecule has 1 saturated heterocycles. The number of amides is 4. The quantitative estimate of drug-likeness (QED) is 0.0485. The highest BCUT2D eigenvalue weighted by Crippen LogP contribution is 2.28. The number of carboxylic acids is 6. The van der Waals surface area contributed by atoms with Crippen molar-refractivity contribution in [2.75, 3.05) is 91.6 Å². The van der Waals surface area contributed by atoms with Crippen molar-refractivity contribution in [1.29, 1.82) is 0 Å². The van der Waals surface area contributed by atoms with Crippen LogP contribution in [0.2, 0.25) is 0 Å². The van der Waals surface area contributed by atoms with Crippen LogP contribution in [0.3, 0.4) is 0 Å². The fourth-order valence-electron chi connectivity index (χ4n) is 6.90. The average Bonchev–Trinajstić information content (AvgIpc) is 3.15. The molecule has 59 heavy (non-hydrogen) atoms. The molecule has 334 valence electrons. The molecule has 0 aromatic heterocycles. The van der Waals surface area contributed by atoms with Gasteiger partial charge in [0.1, 0.15) is 12.1 Å². The van der Waals surface area contributed by atoms with Gasteiger partial charge in [0.15, 0.2) is 0 Å². The number of carbonyl (C=O) groups excluding carboxylic acids is 3. The summed E-state index contributed by atoms with van der Waals surface area (Å²) >= 11 is 0. The predicted molar refractivity (Wildman–Crippen MR) is 205 cm³/mol. The summed E-state index contributed by atoms with van der Waals surface area (Å²) in [6.07, 6.45) is 2.44. The van der Waals surface area contributed by atoms with Gasteiger partial charge in [0.05, 0.1) is 26.2 Å². The van der Waals surface area contributed by atoms with Gasteiger partial charge in [-0.3, -0.25) is 48.4 Å². The van der Waals surface area contributed by atoms with Crippen molar-refractivity contribution < 1.29 is 73.8 Å². The van der Waals surface area contributed by atoms with Crippen LogP contribution in [0.25, 0.3) is 0 Å².